The number of carbonyl (C=O) groups excluding carboxylic acids is 8. The average molecular weight is 1180 g/mol. The second-order valence-corrected chi connectivity index (χ2v) is 15.7. The van der Waals surface area contributed by atoms with E-state index in [1.807, 2.05) is 31.4 Å². The molecule has 12 N–H and O–H groups in total. The molecular formula is C51H67MoN7O19. The molecule has 27 heteroatoms. The Morgan fingerprint density at radius 3 is 1.63 bits per heavy atom. The Labute approximate surface area is 468 Å². The summed E-state index contributed by atoms with van der Waals surface area (Å²) in [4.78, 5) is 90.6. The van der Waals surface area contributed by atoms with Gasteiger partial charge in [-0.3, -0.25) is 38.4 Å². The molecule has 6 atom stereocenters. The van der Waals surface area contributed by atoms with Crippen molar-refractivity contribution in [2.75, 3.05) is 7.05 Å². The minimum Gasteiger partial charge on any atom is 0 e. The van der Waals surface area contributed by atoms with Crippen molar-refractivity contribution in [2.45, 2.75) is 121 Å². The van der Waals surface area contributed by atoms with Crippen LogP contribution in [0.1, 0.15) is 86.0 Å². The molecular weight excluding hydrogens is 1110 g/mol. The summed E-state index contributed by atoms with van der Waals surface area (Å²) < 4.78 is 59.4. The number of hydrogen-bond acceptors (Lipinski definition) is 14. The van der Waals surface area contributed by atoms with E-state index in [0.717, 1.165) is 37.3 Å². The van der Waals surface area contributed by atoms with Crippen molar-refractivity contribution >= 4 is 47.6 Å². The van der Waals surface area contributed by atoms with Crippen LogP contribution in [0.15, 0.2) is 97.9 Å². The molecule has 0 aromatic rings. The Morgan fingerprint density at radius 1 is 0.782 bits per heavy atom. The molecule has 26 nitrogen and oxygen atoms in total. The molecule has 0 aromatic heterocycles. The first-order chi connectivity index (χ1) is 36.2. The van der Waals surface area contributed by atoms with E-state index in [1.165, 1.54) is 32.3 Å². The van der Waals surface area contributed by atoms with E-state index in [9.17, 15) is 43.5 Å². The largest absolute Gasteiger partial charge is 0 e. The fourth-order valence-electron chi connectivity index (χ4n) is 5.80. The van der Waals surface area contributed by atoms with Gasteiger partial charge in [0.25, 0.3) is 11.8 Å². The zero-order valence-corrected chi connectivity index (χ0v) is 45.9. The Bertz CT molecular complexity index is 2140. The topological polar surface area (TPSA) is 458 Å². The Hall–Kier alpha value is -7.51. The number of hydroxylamine groups is 2. The molecule has 4 aliphatic carbocycles. The van der Waals surface area contributed by atoms with Gasteiger partial charge in [0.05, 0.1) is 24.3 Å². The van der Waals surface area contributed by atoms with Crippen LogP contribution < -0.4 is 34.0 Å². The smallest absolute Gasteiger partial charge is 0 e. The summed E-state index contributed by atoms with van der Waals surface area (Å²) in [5.41, 5.74) is 22.8. The van der Waals surface area contributed by atoms with Gasteiger partial charge in [0.1, 0.15) is 11.7 Å². The normalized spacial score (nSPS) is 20.5. The van der Waals surface area contributed by atoms with E-state index in [4.69, 9.17) is 65.2 Å². The maximum Gasteiger partial charge on any atom is 0 e. The second-order valence-electron chi connectivity index (χ2n) is 15.7. The minimum absolute atomic E-state index is 0. The number of carbonyl (C=O) groups is 8. The quantitative estimate of drug-likeness (QED) is 0.0200. The molecule has 0 spiro atoms. The molecule has 2 bridgehead atoms. The summed E-state index contributed by atoms with van der Waals surface area (Å²) in [5, 5.41) is 14.1. The number of esters is 2. The number of allylic oxidation sites excluding steroid dienone is 6. The number of nitrogens with one attached hydrogen (secondary N) is 1. The first-order valence-corrected chi connectivity index (χ1v) is 21.7. The molecule has 78 heavy (non-hydrogen) atoms. The van der Waals surface area contributed by atoms with E-state index < -0.39 is 52.6 Å². The molecule has 6 amide bonds. The number of nitrogens with two attached hydrogens (primary N) is 5. The summed E-state index contributed by atoms with van der Waals surface area (Å²) >= 11 is 0. The zero-order valence-electron chi connectivity index (χ0n) is 43.9. The van der Waals surface area contributed by atoms with E-state index in [1.54, 1.807) is 56.2 Å². The molecule has 1 saturated heterocycles. The van der Waals surface area contributed by atoms with Gasteiger partial charge in [-0.15, -0.1) is 0 Å². The molecule has 2 aliphatic heterocycles. The SMILES string of the molecule is C=C/C=C/OC(C)=O.C=CC(N)=O.CC(=O)OC1C=CCCC1C(N)=O.CC(C)(C)OC(=O)N[C@@H]1C=C[C@@](O)(C(N)=O)CC1.CN1OC2(C(N)=O)C=CC1CC2.NC(=O)C1=CC=CCC1.[C-]#[O+].[C-]#[O+].[C-]#[O+].[C-]#[O+].[C-]#[O+].[C-]#[O+].[Mo]. The van der Waals surface area contributed by atoms with Crippen molar-refractivity contribution in [1.29, 1.82) is 0 Å². The van der Waals surface area contributed by atoms with Crippen molar-refractivity contribution in [3.8, 4) is 0 Å². The molecule has 4 unspecified atom stereocenters. The summed E-state index contributed by atoms with van der Waals surface area (Å²) in [7, 11) is 1.82. The van der Waals surface area contributed by atoms with E-state index in [0.29, 0.717) is 25.3 Å². The van der Waals surface area contributed by atoms with Crippen LogP contribution in [0.4, 0.5) is 4.79 Å². The molecule has 6 aliphatic rings. The first kappa shape index (κ1) is 87.2. The van der Waals surface area contributed by atoms with Gasteiger partial charge >= 0.3 is 85.8 Å². The average Bonchev–Trinajstić information content (AvgIpc) is 3.41. The van der Waals surface area contributed by atoms with Gasteiger partial charge in [0.2, 0.25) is 17.7 Å². The zero-order chi connectivity index (χ0) is 62.0. The number of hydrogen-bond donors (Lipinski definition) is 7. The van der Waals surface area contributed by atoms with Crippen molar-refractivity contribution in [3.63, 3.8) is 0 Å². The fourth-order valence-corrected chi connectivity index (χ4v) is 5.80. The van der Waals surface area contributed by atoms with Crippen LogP contribution in [-0.4, -0.2) is 99.8 Å². The van der Waals surface area contributed by atoms with Crippen LogP contribution in [0.5, 0.6) is 0 Å². The molecule has 426 valence electrons. The second kappa shape index (κ2) is 52.9. The predicted molar refractivity (Wildman–Crippen MR) is 265 cm³/mol. The number of amides is 6. The van der Waals surface area contributed by atoms with Gasteiger partial charge in [-0.1, -0.05) is 55.7 Å². The van der Waals surface area contributed by atoms with E-state index in [-0.39, 0.29) is 57.3 Å². The third-order valence-corrected chi connectivity index (χ3v) is 9.17. The summed E-state index contributed by atoms with van der Waals surface area (Å²) in [6, 6.07) is 0.0469. The van der Waals surface area contributed by atoms with Crippen LogP contribution in [-0.2, 0) is 102 Å². The number of fused-ring (bicyclic) bond motifs is 2. The molecule has 0 saturated carbocycles. The molecule has 0 radical (unpaired) electrons. The van der Waals surface area contributed by atoms with Crippen LogP contribution in [0.25, 0.3) is 0 Å². The van der Waals surface area contributed by atoms with Gasteiger partial charge in [0, 0.05) is 47.5 Å². The maximum atomic E-state index is 11.5. The number of aliphatic hydroxyl groups is 1. The van der Waals surface area contributed by atoms with Gasteiger partial charge in [-0.2, -0.15) is 5.06 Å². The van der Waals surface area contributed by atoms with Gasteiger partial charge < -0.3 is 53.3 Å². The third kappa shape index (κ3) is 43.7. The standard InChI is InChI=1S/C12H20N2O4.C9H13NO3.C8H12N2O2.C7H9NO.C6H8O2.C3H5NO.6CO.Mo/c1-11(2,3)18-10(16)14-8-4-6-12(17,7-5-8)9(13)15;1-6(11)13-8-5-3-2-4-7(8)9(10)12;1-10-6-2-4-8(12-10,5-3-6)7(9)11;8-7(9)6-4-2-1-3-5-6;1-3-4-5-8-6(2)7;1-2-3(4)5;6*1-2;/h4,6,8,17H,5,7H2,1-3H3,(H2,13,15)(H,14,16);3,5,7-8H,2,4H2,1H3,(H2,10,12);2,4,6H,3,5H2,1H3,(H2,9,11);1-2,4H,3,5H2,(H2,8,9);3-5H,1H2,2H3;2H,1H2,(H2,4,5);;;;;;;/b;;;;5-4+;;;;;;;;/t8-,12+;;;;;;;;;;;;/m1............/s1. The number of rotatable bonds is 9. The van der Waals surface area contributed by atoms with Crippen molar-refractivity contribution in [3.05, 3.63) is 138 Å². The molecule has 2 heterocycles. The summed E-state index contributed by atoms with van der Waals surface area (Å²) in [6.07, 6.45) is 25.8. The third-order valence-electron chi connectivity index (χ3n) is 9.17. The Balaban J connectivity index is -0.000000124. The van der Waals surface area contributed by atoms with Crippen molar-refractivity contribution < 1.29 is 111 Å². The van der Waals surface area contributed by atoms with E-state index in [2.05, 4.69) is 68.8 Å². The Morgan fingerprint density at radius 2 is 1.32 bits per heavy atom. The Kier molecular flexibility index (Phi) is 59.1. The van der Waals surface area contributed by atoms with Crippen molar-refractivity contribution in [2.24, 2.45) is 34.6 Å². The van der Waals surface area contributed by atoms with Crippen LogP contribution in [0, 0.1) is 45.8 Å². The number of likely N-dealkylation sites (N-methyl/N-ethyl adjacent to an activating group) is 1. The van der Waals surface area contributed by atoms with Gasteiger partial charge in [-0.05, 0) is 103 Å². The van der Waals surface area contributed by atoms with E-state index >= 15 is 0 Å². The fraction of sp³-hybridized carbons (Fsp3) is 0.412. The van der Waals surface area contributed by atoms with Crippen LogP contribution >= 0.6 is 0 Å². The number of ether oxygens (including phenoxy) is 3. The minimum atomic E-state index is -1.61. The predicted octanol–water partition coefficient (Wildman–Crippen LogP) is 2.05. The number of nitrogens with zero attached hydrogens (tertiary/aromatic N) is 1. The van der Waals surface area contributed by atoms with Gasteiger partial charge in [0.15, 0.2) is 11.2 Å². The molecule has 1 fully saturated rings. The van der Waals surface area contributed by atoms with Crippen molar-refractivity contribution in [1.82, 2.24) is 10.4 Å². The van der Waals surface area contributed by atoms with Crippen LogP contribution in [0.2, 0.25) is 0 Å². The number of alkyl carbamates (subject to hydrolysis) is 1. The van der Waals surface area contributed by atoms with Crippen LogP contribution in [0.3, 0.4) is 0 Å². The first-order valence-electron chi connectivity index (χ1n) is 21.7. The number of primary amides is 5. The maximum absolute atomic E-state index is 11.5. The monoisotopic (exact) mass is 1180 g/mol. The molecule has 0 aromatic carbocycles. The summed E-state index contributed by atoms with van der Waals surface area (Å²) in [6.45, 7) is 41.4. The molecule has 6 rings (SSSR count). The summed E-state index contributed by atoms with van der Waals surface area (Å²) in [5.74, 6) is -3.43. The van der Waals surface area contributed by atoms with Gasteiger partial charge in [-0.25, -0.2) is 4.79 Å².